The molecule has 32 heavy (non-hydrogen) atoms. The van der Waals surface area contributed by atoms with Gasteiger partial charge >= 0.3 is 0 Å². The Bertz CT molecular complexity index is 1560. The average molecular weight is 441 g/mol. The fraction of sp³-hybridized carbons (Fsp3) is 0.0400. The molecule has 1 N–H and O–H groups in total. The van der Waals surface area contributed by atoms with E-state index in [2.05, 4.69) is 39.6 Å². The molecule has 0 bridgehead atoms. The number of pyridine rings is 2. The predicted molar refractivity (Wildman–Crippen MR) is 128 cm³/mol. The second kappa shape index (κ2) is 7.69. The third kappa shape index (κ3) is 3.18. The lowest BCUT2D eigenvalue weighted by Crippen LogP contribution is -2.00. The summed E-state index contributed by atoms with van der Waals surface area (Å²) in [4.78, 5) is 8.69. The van der Waals surface area contributed by atoms with Gasteiger partial charge in [0.15, 0.2) is 18.0 Å². The fourth-order valence-corrected chi connectivity index (χ4v) is 4.37. The third-order valence-electron chi connectivity index (χ3n) is 5.63. The second-order valence-corrected chi connectivity index (χ2v) is 8.08. The van der Waals surface area contributed by atoms with Crippen molar-refractivity contribution in [2.45, 2.75) is 6.54 Å². The Hall–Kier alpha value is -3.84. The zero-order valence-corrected chi connectivity index (χ0v) is 17.6. The lowest BCUT2D eigenvalue weighted by Gasteiger charge is -2.10. The van der Waals surface area contributed by atoms with Crippen molar-refractivity contribution in [3.63, 3.8) is 0 Å². The van der Waals surface area contributed by atoms with Gasteiger partial charge in [-0.15, -0.1) is 3.89 Å². The van der Waals surface area contributed by atoms with E-state index in [1.54, 1.807) is 12.4 Å². The maximum absolute atomic E-state index is 13.1. The highest BCUT2D eigenvalue weighted by Crippen LogP contribution is 2.33. The van der Waals surface area contributed by atoms with Crippen LogP contribution < -0.4 is 5.32 Å². The van der Waals surface area contributed by atoms with Crippen molar-refractivity contribution in [3.8, 4) is 11.3 Å². The molecule has 6 rings (SSSR count). The molecule has 0 spiro atoms. The molecule has 4 aromatic heterocycles. The van der Waals surface area contributed by atoms with E-state index in [-0.39, 0.29) is 12.3 Å². The van der Waals surface area contributed by atoms with Gasteiger partial charge in [-0.05, 0) is 41.3 Å². The number of rotatable bonds is 5. The van der Waals surface area contributed by atoms with Crippen molar-refractivity contribution >= 4 is 50.8 Å². The number of aromatic nitrogens is 3. The minimum atomic E-state index is 0.142. The summed E-state index contributed by atoms with van der Waals surface area (Å²) in [6.45, 7) is 0.616. The van der Waals surface area contributed by atoms with Crippen molar-refractivity contribution in [2.75, 3.05) is 5.32 Å². The Morgan fingerprint density at radius 2 is 1.91 bits per heavy atom. The van der Waals surface area contributed by atoms with Gasteiger partial charge in [0.05, 0.1) is 0 Å². The highest BCUT2D eigenvalue weighted by Gasteiger charge is 2.12. The molecule has 0 amide bonds. The molecule has 0 atom stereocenters. The summed E-state index contributed by atoms with van der Waals surface area (Å²) >= 11 is 0.142. The first-order valence-corrected chi connectivity index (χ1v) is 10.8. The number of hydrogen-bond donors (Lipinski definition) is 1. The van der Waals surface area contributed by atoms with Crippen molar-refractivity contribution in [1.82, 2.24) is 13.9 Å². The molecule has 4 heterocycles. The minimum absolute atomic E-state index is 0.142. The Labute approximate surface area is 187 Å². The highest BCUT2D eigenvalue weighted by molar-refractivity contribution is 7.92. The molecule has 7 heteroatoms. The lowest BCUT2D eigenvalue weighted by molar-refractivity contribution is 0.632. The summed E-state index contributed by atoms with van der Waals surface area (Å²) in [5.74, 6) is 0.801. The molecule has 0 radical (unpaired) electrons. The van der Waals surface area contributed by atoms with Crippen LogP contribution in [0.5, 0.6) is 0 Å². The van der Waals surface area contributed by atoms with Crippen LogP contribution in [0.3, 0.4) is 0 Å². The summed E-state index contributed by atoms with van der Waals surface area (Å²) in [7, 11) is 0. The molecule has 0 unspecified atom stereocenters. The highest BCUT2D eigenvalue weighted by atomic mass is 32.2. The van der Waals surface area contributed by atoms with Gasteiger partial charge in [-0.25, -0.2) is 8.96 Å². The van der Waals surface area contributed by atoms with E-state index in [1.807, 2.05) is 48.8 Å². The Kier molecular flexibility index (Phi) is 4.54. The normalized spacial score (nSPS) is 11.5. The van der Waals surface area contributed by atoms with Crippen molar-refractivity contribution < 1.29 is 8.30 Å². The molecule has 156 valence electrons. The van der Waals surface area contributed by atoms with Crippen LogP contribution in [0.4, 0.5) is 9.57 Å². The van der Waals surface area contributed by atoms with E-state index in [1.165, 1.54) is 3.97 Å². The molecule has 0 saturated carbocycles. The molecular weight excluding hydrogens is 423 g/mol. The van der Waals surface area contributed by atoms with Gasteiger partial charge in [-0.2, -0.15) is 0 Å². The molecule has 6 aromatic rings. The maximum atomic E-state index is 13.1. The quantitative estimate of drug-likeness (QED) is 0.313. The van der Waals surface area contributed by atoms with E-state index < -0.39 is 0 Å². The molecule has 0 aliphatic carbocycles. The van der Waals surface area contributed by atoms with Crippen LogP contribution in [-0.2, 0) is 6.54 Å². The van der Waals surface area contributed by atoms with Crippen molar-refractivity contribution in [3.05, 3.63) is 91.0 Å². The number of nitrogens with zero attached hydrogens (tertiary/aromatic N) is 3. The van der Waals surface area contributed by atoms with Crippen LogP contribution in [0.15, 0.2) is 89.9 Å². The first-order chi connectivity index (χ1) is 15.8. The van der Waals surface area contributed by atoms with E-state index >= 15 is 0 Å². The third-order valence-corrected chi connectivity index (χ3v) is 6.07. The van der Waals surface area contributed by atoms with Gasteiger partial charge in [-0.1, -0.05) is 30.3 Å². The predicted octanol–water partition coefficient (Wildman–Crippen LogP) is 6.99. The Balaban J connectivity index is 1.36. The summed E-state index contributed by atoms with van der Waals surface area (Å²) in [5.41, 5.74) is 4.45. The topological polar surface area (TPSA) is 55.9 Å². The van der Waals surface area contributed by atoms with Crippen LogP contribution >= 0.6 is 12.3 Å². The average Bonchev–Trinajstić information content (AvgIpc) is 3.46. The first kappa shape index (κ1) is 18.9. The van der Waals surface area contributed by atoms with E-state index in [0.29, 0.717) is 12.2 Å². The van der Waals surface area contributed by atoms with Crippen LogP contribution in [0.1, 0.15) is 5.56 Å². The molecule has 0 aliphatic heterocycles. The van der Waals surface area contributed by atoms with Gasteiger partial charge in [0.25, 0.3) is 0 Å². The number of nitrogens with one attached hydrogen (secondary N) is 1. The standard InChI is InChI=1S/C25H17FN4OS/c26-32-30-10-8-19-22(7-9-28-25(19)30)29-13-16-5-6-18-14-27-15-21(20(18)11-16)24-12-17-3-1-2-4-23(17)31-24/h1-12,14-15H,13H2,(H,28,29). The number of para-hydroxylation sites is 1. The molecular formula is C25H17FN4OS. The number of furan rings is 1. The Morgan fingerprint density at radius 3 is 2.81 bits per heavy atom. The molecule has 5 nitrogen and oxygen atoms in total. The Morgan fingerprint density at radius 1 is 0.969 bits per heavy atom. The lowest BCUT2D eigenvalue weighted by atomic mass is 10.0. The van der Waals surface area contributed by atoms with Gasteiger partial charge in [-0.3, -0.25) is 4.98 Å². The number of benzene rings is 2. The zero-order valence-electron chi connectivity index (χ0n) is 16.8. The molecule has 2 aromatic carbocycles. The van der Waals surface area contributed by atoms with E-state index in [4.69, 9.17) is 4.42 Å². The van der Waals surface area contributed by atoms with Crippen LogP contribution in [0, 0.1) is 0 Å². The molecule has 0 saturated heterocycles. The van der Waals surface area contributed by atoms with Gasteiger partial charge in [0, 0.05) is 58.7 Å². The number of halogens is 1. The van der Waals surface area contributed by atoms with Gasteiger partial charge in [0.1, 0.15) is 11.3 Å². The summed E-state index contributed by atoms with van der Waals surface area (Å²) in [6.07, 6.45) is 7.07. The van der Waals surface area contributed by atoms with E-state index in [9.17, 15) is 3.89 Å². The maximum Gasteiger partial charge on any atom is 0.171 e. The molecule has 0 fully saturated rings. The monoisotopic (exact) mass is 440 g/mol. The summed E-state index contributed by atoms with van der Waals surface area (Å²) < 4.78 is 20.6. The summed E-state index contributed by atoms with van der Waals surface area (Å²) in [5, 5.41) is 7.54. The minimum Gasteiger partial charge on any atom is -0.456 e. The first-order valence-electron chi connectivity index (χ1n) is 10.1. The SMILES string of the molecule is FSn1ccc2c(NCc3ccc4cncc(-c5cc6ccccc6o5)c4c3)ccnc21. The summed E-state index contributed by atoms with van der Waals surface area (Å²) in [6, 6.07) is 20.1. The van der Waals surface area contributed by atoms with E-state index in [0.717, 1.165) is 49.7 Å². The van der Waals surface area contributed by atoms with Crippen molar-refractivity contribution in [1.29, 1.82) is 0 Å². The van der Waals surface area contributed by atoms with Crippen LogP contribution in [-0.4, -0.2) is 13.9 Å². The van der Waals surface area contributed by atoms with Crippen LogP contribution in [0.2, 0.25) is 0 Å². The number of hydrogen-bond acceptors (Lipinski definition) is 5. The number of anilines is 1. The largest absolute Gasteiger partial charge is 0.456 e. The van der Waals surface area contributed by atoms with Crippen molar-refractivity contribution in [2.24, 2.45) is 0 Å². The van der Waals surface area contributed by atoms with Gasteiger partial charge < -0.3 is 9.73 Å². The zero-order chi connectivity index (χ0) is 21.5. The smallest absolute Gasteiger partial charge is 0.171 e. The fourth-order valence-electron chi connectivity index (χ4n) is 4.05. The molecule has 0 aliphatic rings. The van der Waals surface area contributed by atoms with Crippen LogP contribution in [0.25, 0.3) is 44.1 Å². The van der Waals surface area contributed by atoms with Gasteiger partial charge in [0.2, 0.25) is 0 Å². The second-order valence-electron chi connectivity index (χ2n) is 7.55. The number of fused-ring (bicyclic) bond motifs is 3.